The summed E-state index contributed by atoms with van der Waals surface area (Å²) < 4.78 is 0. The first-order valence-electron chi connectivity index (χ1n) is 10.3. The molecule has 1 aromatic carbocycles. The zero-order valence-corrected chi connectivity index (χ0v) is 18.1. The lowest BCUT2D eigenvalue weighted by atomic mass is 9.80. The Labute approximate surface area is 193 Å². The Bertz CT molecular complexity index is 1460. The van der Waals surface area contributed by atoms with E-state index >= 15 is 0 Å². The van der Waals surface area contributed by atoms with E-state index in [-0.39, 0.29) is 17.6 Å². The molecule has 1 unspecified atom stereocenters. The summed E-state index contributed by atoms with van der Waals surface area (Å²) in [5.74, 6) is -2.99. The lowest BCUT2D eigenvalue weighted by Crippen LogP contribution is -2.28. The summed E-state index contributed by atoms with van der Waals surface area (Å²) in [6.45, 7) is 1.50. The second-order valence-electron chi connectivity index (χ2n) is 8.15. The fourth-order valence-electron chi connectivity index (χ4n) is 3.76. The molecule has 4 aromatic rings. The number of aliphatic carboxylic acids is 2. The molecule has 3 heterocycles. The Hall–Kier alpha value is -4.66. The van der Waals surface area contributed by atoms with Crippen molar-refractivity contribution in [1.29, 1.82) is 0 Å². The van der Waals surface area contributed by atoms with E-state index in [1.807, 2.05) is 24.4 Å². The number of nitrogens with zero attached hydrogens (tertiary/aromatic N) is 1. The summed E-state index contributed by atoms with van der Waals surface area (Å²) >= 11 is 0. The van der Waals surface area contributed by atoms with E-state index in [0.29, 0.717) is 0 Å². The van der Waals surface area contributed by atoms with E-state index in [4.69, 9.17) is 15.3 Å². The molecule has 172 valence electrons. The van der Waals surface area contributed by atoms with Crippen LogP contribution in [0.3, 0.4) is 0 Å². The number of carboxylic acid groups (broad SMARTS) is 3. The highest BCUT2D eigenvalue weighted by atomic mass is 16.4. The first-order chi connectivity index (χ1) is 16.2. The summed E-state index contributed by atoms with van der Waals surface area (Å²) in [6.07, 6.45) is 8.05. The van der Waals surface area contributed by atoms with E-state index in [1.54, 1.807) is 24.4 Å². The van der Waals surface area contributed by atoms with Gasteiger partial charge < -0.3 is 25.3 Å². The molecule has 0 fully saturated rings. The van der Waals surface area contributed by atoms with Crippen molar-refractivity contribution in [2.24, 2.45) is 5.41 Å². The largest absolute Gasteiger partial charge is 0.481 e. The van der Waals surface area contributed by atoms with Crippen LogP contribution in [0, 0.1) is 5.41 Å². The van der Waals surface area contributed by atoms with Crippen molar-refractivity contribution in [1.82, 2.24) is 15.0 Å². The number of rotatable bonds is 4. The van der Waals surface area contributed by atoms with Crippen molar-refractivity contribution in [3.63, 3.8) is 0 Å². The van der Waals surface area contributed by atoms with Crippen molar-refractivity contribution < 1.29 is 29.7 Å². The highest BCUT2D eigenvalue weighted by Gasteiger charge is 2.34. The first kappa shape index (κ1) is 22.5. The Balaban J connectivity index is 0.000000182. The van der Waals surface area contributed by atoms with Crippen molar-refractivity contribution in [3.8, 4) is 11.3 Å². The quantitative estimate of drug-likeness (QED) is 0.302. The molecule has 0 saturated heterocycles. The van der Waals surface area contributed by atoms with Gasteiger partial charge >= 0.3 is 17.9 Å². The Kier molecular flexibility index (Phi) is 5.77. The van der Waals surface area contributed by atoms with E-state index < -0.39 is 23.3 Å². The number of nitrogens with one attached hydrogen (secondary N) is 2. The second kappa shape index (κ2) is 8.70. The van der Waals surface area contributed by atoms with Gasteiger partial charge in [0.25, 0.3) is 0 Å². The number of benzene rings is 1. The zero-order valence-electron chi connectivity index (χ0n) is 18.1. The van der Waals surface area contributed by atoms with Gasteiger partial charge in [-0.3, -0.25) is 4.79 Å². The topological polar surface area (TPSA) is 156 Å². The Morgan fingerprint density at radius 3 is 2.53 bits per heavy atom. The van der Waals surface area contributed by atoms with Crippen molar-refractivity contribution in [2.75, 3.05) is 0 Å². The molecule has 3 aromatic heterocycles. The van der Waals surface area contributed by atoms with Gasteiger partial charge in [-0.05, 0) is 49.7 Å². The molecule has 1 aliphatic carbocycles. The highest BCUT2D eigenvalue weighted by molar-refractivity contribution is 6.01. The summed E-state index contributed by atoms with van der Waals surface area (Å²) in [6, 6.07) is 10.9. The average molecular weight is 459 g/mol. The monoisotopic (exact) mass is 459 g/mol. The van der Waals surface area contributed by atoms with Crippen LogP contribution in [0.15, 0.2) is 72.6 Å². The molecule has 0 aliphatic heterocycles. The standard InChI is InChI=1S/C16H11N3O2.C9H10O4/c20-16(21)10-3-4-13-11(6-10)12(8-18-13)14-7-9-2-1-5-17-15(9)19-14;1-9(8(12)13)4-2-3-6(5-9)7(10)11/h1-8,18H,(H,17,19)(H,20,21);2-4H,5H2,1H3,(H,10,11)(H,12,13). The third kappa shape index (κ3) is 4.31. The molecule has 34 heavy (non-hydrogen) atoms. The number of carbonyl (C=O) groups is 3. The number of fused-ring (bicyclic) bond motifs is 2. The van der Waals surface area contributed by atoms with Crippen LogP contribution < -0.4 is 0 Å². The molecule has 1 atom stereocenters. The number of aromatic amines is 2. The van der Waals surface area contributed by atoms with Crippen molar-refractivity contribution >= 4 is 39.8 Å². The van der Waals surface area contributed by atoms with Crippen LogP contribution in [-0.2, 0) is 9.59 Å². The normalized spacial score (nSPS) is 17.1. The van der Waals surface area contributed by atoms with Gasteiger partial charge in [-0.1, -0.05) is 18.2 Å². The number of H-pyrrole nitrogens is 2. The predicted molar refractivity (Wildman–Crippen MR) is 126 cm³/mol. The molecule has 0 saturated carbocycles. The number of hydrogen-bond acceptors (Lipinski definition) is 4. The van der Waals surface area contributed by atoms with Crippen molar-refractivity contribution in [2.45, 2.75) is 13.3 Å². The fraction of sp³-hybridized carbons (Fsp3) is 0.120. The Morgan fingerprint density at radius 1 is 1.06 bits per heavy atom. The van der Waals surface area contributed by atoms with Crippen LogP contribution in [0.1, 0.15) is 23.7 Å². The molecule has 9 heteroatoms. The Morgan fingerprint density at radius 2 is 1.85 bits per heavy atom. The predicted octanol–water partition coefficient (Wildman–Crippen LogP) is 4.46. The average Bonchev–Trinajstić information content (AvgIpc) is 3.42. The van der Waals surface area contributed by atoms with Gasteiger partial charge in [-0.15, -0.1) is 0 Å². The van der Waals surface area contributed by atoms with E-state index in [9.17, 15) is 14.4 Å². The maximum atomic E-state index is 11.1. The number of allylic oxidation sites excluding steroid dienone is 2. The first-order valence-corrected chi connectivity index (χ1v) is 10.3. The molecular weight excluding hydrogens is 438 g/mol. The van der Waals surface area contributed by atoms with Gasteiger partial charge in [0.1, 0.15) is 5.65 Å². The highest BCUT2D eigenvalue weighted by Crippen LogP contribution is 2.32. The smallest absolute Gasteiger partial charge is 0.335 e. The summed E-state index contributed by atoms with van der Waals surface area (Å²) in [5.41, 5.74) is 2.90. The van der Waals surface area contributed by atoms with Gasteiger partial charge in [0.2, 0.25) is 0 Å². The van der Waals surface area contributed by atoms with Crippen molar-refractivity contribution in [3.05, 3.63) is 78.2 Å². The van der Waals surface area contributed by atoms with Crippen LogP contribution in [0.25, 0.3) is 33.2 Å². The second-order valence-corrected chi connectivity index (χ2v) is 8.15. The van der Waals surface area contributed by atoms with Crippen LogP contribution in [-0.4, -0.2) is 48.2 Å². The summed E-state index contributed by atoms with van der Waals surface area (Å²) in [5, 5.41) is 28.5. The third-order valence-electron chi connectivity index (χ3n) is 5.69. The summed E-state index contributed by atoms with van der Waals surface area (Å²) in [7, 11) is 0. The molecule has 5 N–H and O–H groups in total. The molecule has 0 spiro atoms. The van der Waals surface area contributed by atoms with Gasteiger partial charge in [-0.25, -0.2) is 14.6 Å². The zero-order chi connectivity index (χ0) is 24.5. The third-order valence-corrected chi connectivity index (χ3v) is 5.69. The van der Waals surface area contributed by atoms with Gasteiger partial charge in [-0.2, -0.15) is 0 Å². The molecule has 0 radical (unpaired) electrons. The molecular formula is C25H21N3O6. The minimum atomic E-state index is -1.08. The molecule has 0 bridgehead atoms. The van der Waals surface area contributed by atoms with E-state index in [2.05, 4.69) is 15.0 Å². The fourth-order valence-corrected chi connectivity index (χ4v) is 3.76. The number of carboxylic acids is 3. The molecule has 5 rings (SSSR count). The SMILES string of the molecule is CC1(C(=O)O)C=CC=C(C(=O)O)C1.O=C(O)c1ccc2[nH]cc(-c3cc4cccnc4[nH]3)c2c1. The minimum absolute atomic E-state index is 0.0359. The van der Waals surface area contributed by atoms with Gasteiger partial charge in [0.15, 0.2) is 0 Å². The molecule has 9 nitrogen and oxygen atoms in total. The minimum Gasteiger partial charge on any atom is -0.481 e. The van der Waals surface area contributed by atoms with E-state index in [0.717, 1.165) is 33.2 Å². The van der Waals surface area contributed by atoms with Crippen LogP contribution >= 0.6 is 0 Å². The number of aromatic nitrogens is 3. The number of aromatic carboxylic acids is 1. The number of hydrogen-bond donors (Lipinski definition) is 5. The summed E-state index contributed by atoms with van der Waals surface area (Å²) in [4.78, 5) is 43.2. The van der Waals surface area contributed by atoms with Crippen LogP contribution in [0.5, 0.6) is 0 Å². The lowest BCUT2D eigenvalue weighted by molar-refractivity contribution is -0.145. The maximum absolute atomic E-state index is 11.1. The van der Waals surface area contributed by atoms with Gasteiger partial charge in [0, 0.05) is 45.5 Å². The molecule has 0 amide bonds. The number of pyridine rings is 1. The van der Waals surface area contributed by atoms with E-state index in [1.165, 1.54) is 25.2 Å². The molecule has 1 aliphatic rings. The van der Waals surface area contributed by atoms with Gasteiger partial charge in [0.05, 0.1) is 11.0 Å². The maximum Gasteiger partial charge on any atom is 0.335 e. The lowest BCUT2D eigenvalue weighted by Gasteiger charge is -2.23. The van der Waals surface area contributed by atoms with Crippen LogP contribution in [0.2, 0.25) is 0 Å². The van der Waals surface area contributed by atoms with Crippen LogP contribution in [0.4, 0.5) is 0 Å².